The third kappa shape index (κ3) is 4.78. The van der Waals surface area contributed by atoms with Gasteiger partial charge in [-0.25, -0.2) is 4.79 Å². The molecule has 6 nitrogen and oxygen atoms in total. The number of benzene rings is 2. The largest absolute Gasteiger partial charge is 0.486 e. The van der Waals surface area contributed by atoms with E-state index in [0.717, 1.165) is 11.1 Å². The average Bonchev–Trinajstić information content (AvgIpc) is 2.69. The van der Waals surface area contributed by atoms with E-state index in [4.69, 9.17) is 14.2 Å². The highest BCUT2D eigenvalue weighted by Crippen LogP contribution is 2.31. The Labute approximate surface area is 158 Å². The lowest BCUT2D eigenvalue weighted by atomic mass is 10.1. The minimum Gasteiger partial charge on any atom is -0.486 e. The van der Waals surface area contributed by atoms with Crippen molar-refractivity contribution in [3.63, 3.8) is 0 Å². The maximum atomic E-state index is 12.5. The number of carbonyl (C=O) groups is 2. The van der Waals surface area contributed by atoms with Crippen LogP contribution in [0.1, 0.15) is 28.4 Å². The van der Waals surface area contributed by atoms with E-state index in [1.54, 1.807) is 23.1 Å². The highest BCUT2D eigenvalue weighted by Gasteiger charge is 2.18. The molecule has 3 rings (SSSR count). The lowest BCUT2D eigenvalue weighted by Gasteiger charge is -2.23. The van der Waals surface area contributed by atoms with Gasteiger partial charge < -0.3 is 19.1 Å². The van der Waals surface area contributed by atoms with Crippen LogP contribution in [-0.2, 0) is 16.1 Å². The Morgan fingerprint density at radius 1 is 1.07 bits per heavy atom. The van der Waals surface area contributed by atoms with Crippen molar-refractivity contribution in [1.29, 1.82) is 0 Å². The molecule has 0 fully saturated rings. The second kappa shape index (κ2) is 8.58. The molecule has 0 aromatic heterocycles. The number of carbonyl (C=O) groups excluding carboxylic acids is 2. The van der Waals surface area contributed by atoms with Gasteiger partial charge in [0.25, 0.3) is 5.91 Å². The van der Waals surface area contributed by atoms with Gasteiger partial charge in [-0.1, -0.05) is 23.8 Å². The number of esters is 1. The van der Waals surface area contributed by atoms with Gasteiger partial charge in [0.15, 0.2) is 18.1 Å². The molecule has 2 aromatic carbocycles. The van der Waals surface area contributed by atoms with Gasteiger partial charge in [-0.15, -0.1) is 0 Å². The maximum Gasteiger partial charge on any atom is 0.338 e. The molecular weight excluding hydrogens is 346 g/mol. The molecular formula is C21H23NO5. The Bertz CT molecular complexity index is 833. The lowest BCUT2D eigenvalue weighted by molar-refractivity contribution is -0.134. The summed E-state index contributed by atoms with van der Waals surface area (Å²) in [7, 11) is 0. The molecule has 0 N–H and O–H groups in total. The van der Waals surface area contributed by atoms with Gasteiger partial charge in [0.05, 0.1) is 5.56 Å². The standard InChI is InChI=1S/C21H23NO5/c1-3-22(13-16-7-8-18-19(12-16)26-10-9-25-18)20(23)14-27-21(24)17-6-4-5-15(2)11-17/h4-8,11-12H,3,9-10,13-14H2,1-2H3. The zero-order valence-corrected chi connectivity index (χ0v) is 15.6. The fourth-order valence-corrected chi connectivity index (χ4v) is 2.86. The number of hydrogen-bond acceptors (Lipinski definition) is 5. The summed E-state index contributed by atoms with van der Waals surface area (Å²) in [5.41, 5.74) is 2.33. The first-order valence-electron chi connectivity index (χ1n) is 8.97. The van der Waals surface area contributed by atoms with E-state index in [1.165, 1.54) is 0 Å². The molecule has 142 valence electrons. The van der Waals surface area contributed by atoms with Crippen LogP contribution in [0, 0.1) is 6.92 Å². The van der Waals surface area contributed by atoms with Gasteiger partial charge in [-0.3, -0.25) is 4.79 Å². The second-order valence-corrected chi connectivity index (χ2v) is 6.33. The zero-order valence-electron chi connectivity index (χ0n) is 15.6. The molecule has 0 spiro atoms. The van der Waals surface area contributed by atoms with Gasteiger partial charge in [0, 0.05) is 13.1 Å². The summed E-state index contributed by atoms with van der Waals surface area (Å²) in [6, 6.07) is 12.7. The number of fused-ring (bicyclic) bond motifs is 1. The highest BCUT2D eigenvalue weighted by molar-refractivity contribution is 5.91. The van der Waals surface area contributed by atoms with Crippen molar-refractivity contribution in [2.75, 3.05) is 26.4 Å². The van der Waals surface area contributed by atoms with Crippen LogP contribution in [0.3, 0.4) is 0 Å². The Balaban J connectivity index is 1.58. The first kappa shape index (κ1) is 18.8. The number of hydrogen-bond donors (Lipinski definition) is 0. The van der Waals surface area contributed by atoms with Crippen molar-refractivity contribution >= 4 is 11.9 Å². The van der Waals surface area contributed by atoms with E-state index in [9.17, 15) is 9.59 Å². The summed E-state index contributed by atoms with van der Waals surface area (Å²) in [5.74, 6) is 0.662. The fraction of sp³-hybridized carbons (Fsp3) is 0.333. The highest BCUT2D eigenvalue weighted by atomic mass is 16.6. The van der Waals surface area contributed by atoms with Gasteiger partial charge in [0.1, 0.15) is 13.2 Å². The molecule has 0 unspecified atom stereocenters. The molecule has 1 heterocycles. The monoisotopic (exact) mass is 369 g/mol. The van der Waals surface area contributed by atoms with Crippen molar-refractivity contribution in [1.82, 2.24) is 4.90 Å². The van der Waals surface area contributed by atoms with Crippen molar-refractivity contribution in [2.45, 2.75) is 20.4 Å². The minimum absolute atomic E-state index is 0.242. The van der Waals surface area contributed by atoms with Crippen molar-refractivity contribution < 1.29 is 23.8 Å². The quantitative estimate of drug-likeness (QED) is 0.733. The van der Waals surface area contributed by atoms with E-state index in [-0.39, 0.29) is 12.5 Å². The minimum atomic E-state index is -0.498. The molecule has 0 aliphatic carbocycles. The van der Waals surface area contributed by atoms with Crippen LogP contribution in [0.2, 0.25) is 0 Å². The Hall–Kier alpha value is -3.02. The summed E-state index contributed by atoms with van der Waals surface area (Å²) >= 11 is 0. The smallest absolute Gasteiger partial charge is 0.338 e. The third-order valence-electron chi connectivity index (χ3n) is 4.29. The SMILES string of the molecule is CCN(Cc1ccc2c(c1)OCCO2)C(=O)COC(=O)c1cccc(C)c1. The van der Waals surface area contributed by atoms with E-state index < -0.39 is 5.97 Å². The number of rotatable bonds is 6. The summed E-state index contributed by atoms with van der Waals surface area (Å²) in [6.07, 6.45) is 0. The molecule has 1 amide bonds. The molecule has 0 saturated carbocycles. The first-order chi connectivity index (χ1) is 13.1. The van der Waals surface area contributed by atoms with Gasteiger partial charge in [-0.05, 0) is 43.7 Å². The van der Waals surface area contributed by atoms with Crippen LogP contribution in [0.25, 0.3) is 0 Å². The molecule has 0 bridgehead atoms. The van der Waals surface area contributed by atoms with E-state index >= 15 is 0 Å². The normalized spacial score (nSPS) is 12.4. The first-order valence-corrected chi connectivity index (χ1v) is 8.97. The second-order valence-electron chi connectivity index (χ2n) is 6.33. The molecule has 0 radical (unpaired) electrons. The topological polar surface area (TPSA) is 65.1 Å². The van der Waals surface area contributed by atoms with Crippen LogP contribution in [0.4, 0.5) is 0 Å². The van der Waals surface area contributed by atoms with E-state index in [0.29, 0.717) is 43.4 Å². The molecule has 0 atom stereocenters. The number of amides is 1. The Morgan fingerprint density at radius 3 is 2.59 bits per heavy atom. The number of nitrogens with zero attached hydrogens (tertiary/aromatic N) is 1. The summed E-state index contributed by atoms with van der Waals surface area (Å²) in [4.78, 5) is 26.2. The lowest BCUT2D eigenvalue weighted by Crippen LogP contribution is -2.34. The maximum absolute atomic E-state index is 12.5. The van der Waals surface area contributed by atoms with Gasteiger partial charge in [0.2, 0.25) is 0 Å². The average molecular weight is 369 g/mol. The molecule has 2 aromatic rings. The third-order valence-corrected chi connectivity index (χ3v) is 4.29. The number of ether oxygens (including phenoxy) is 3. The molecule has 1 aliphatic heterocycles. The summed E-state index contributed by atoms with van der Waals surface area (Å²) in [5, 5.41) is 0. The summed E-state index contributed by atoms with van der Waals surface area (Å²) < 4.78 is 16.3. The predicted octanol–water partition coefficient (Wildman–Crippen LogP) is 2.97. The van der Waals surface area contributed by atoms with Crippen LogP contribution in [0.15, 0.2) is 42.5 Å². The zero-order chi connectivity index (χ0) is 19.2. The molecule has 27 heavy (non-hydrogen) atoms. The van der Waals surface area contributed by atoms with Crippen LogP contribution >= 0.6 is 0 Å². The Morgan fingerprint density at radius 2 is 1.85 bits per heavy atom. The number of aryl methyl sites for hydroxylation is 1. The van der Waals surface area contributed by atoms with Crippen LogP contribution < -0.4 is 9.47 Å². The summed E-state index contributed by atoms with van der Waals surface area (Å²) in [6.45, 7) is 5.47. The van der Waals surface area contributed by atoms with Crippen LogP contribution in [-0.4, -0.2) is 43.1 Å². The van der Waals surface area contributed by atoms with E-state index in [2.05, 4.69) is 0 Å². The van der Waals surface area contributed by atoms with Gasteiger partial charge >= 0.3 is 5.97 Å². The predicted molar refractivity (Wildman–Crippen MR) is 100.0 cm³/mol. The van der Waals surface area contributed by atoms with Crippen LogP contribution in [0.5, 0.6) is 11.5 Å². The number of likely N-dealkylation sites (N-methyl/N-ethyl adjacent to an activating group) is 1. The molecule has 1 aliphatic rings. The van der Waals surface area contributed by atoms with Crippen molar-refractivity contribution in [3.8, 4) is 11.5 Å². The molecule has 0 saturated heterocycles. The Kier molecular flexibility index (Phi) is 5.96. The fourth-order valence-electron chi connectivity index (χ4n) is 2.86. The van der Waals surface area contributed by atoms with Gasteiger partial charge in [-0.2, -0.15) is 0 Å². The van der Waals surface area contributed by atoms with E-state index in [1.807, 2.05) is 38.1 Å². The van der Waals surface area contributed by atoms with Crippen molar-refractivity contribution in [3.05, 3.63) is 59.2 Å². The molecule has 6 heteroatoms. The van der Waals surface area contributed by atoms with Crippen molar-refractivity contribution in [2.24, 2.45) is 0 Å².